The van der Waals surface area contributed by atoms with Crippen LogP contribution in [-0.2, 0) is 11.3 Å². The normalized spacial score (nSPS) is 11.2. The van der Waals surface area contributed by atoms with E-state index >= 15 is 0 Å². The summed E-state index contributed by atoms with van der Waals surface area (Å²) in [6.07, 6.45) is -5.59. The van der Waals surface area contributed by atoms with Crippen molar-refractivity contribution < 1.29 is 22.7 Å². The van der Waals surface area contributed by atoms with Gasteiger partial charge >= 0.3 is 12.3 Å². The lowest BCUT2D eigenvalue weighted by atomic mass is 10.4. The fourth-order valence-corrected chi connectivity index (χ4v) is 1.56. The summed E-state index contributed by atoms with van der Waals surface area (Å²) in [5, 5.41) is 2.21. The topological polar surface area (TPSA) is 51.2 Å². The molecule has 0 fully saturated rings. The second-order valence-corrected chi connectivity index (χ2v) is 3.85. The first-order valence-corrected chi connectivity index (χ1v) is 5.13. The summed E-state index contributed by atoms with van der Waals surface area (Å²) in [6.45, 7) is 0.280. The van der Waals surface area contributed by atoms with Crippen molar-refractivity contribution in [3.8, 4) is 0 Å². The molecule has 0 aliphatic heterocycles. The standard InChI is InChI=1S/C8H9F3N2O2S/c1-5-6(16-4-13-5)2-12-7(14)15-3-8(9,10)11/h4H,2-3H2,1H3,(H,12,14). The number of aryl methyl sites for hydroxylation is 1. The summed E-state index contributed by atoms with van der Waals surface area (Å²) < 4.78 is 39.0. The maximum atomic E-state index is 11.7. The largest absolute Gasteiger partial charge is 0.440 e. The van der Waals surface area contributed by atoms with Crippen LogP contribution >= 0.6 is 11.3 Å². The number of thiazole rings is 1. The Morgan fingerprint density at radius 1 is 1.62 bits per heavy atom. The molecule has 8 heteroatoms. The van der Waals surface area contributed by atoms with E-state index in [1.165, 1.54) is 11.3 Å². The number of hydrogen-bond donors (Lipinski definition) is 1. The van der Waals surface area contributed by atoms with Crippen LogP contribution in [0.25, 0.3) is 0 Å². The summed E-state index contributed by atoms with van der Waals surface area (Å²) >= 11 is 1.31. The molecule has 1 N–H and O–H groups in total. The SMILES string of the molecule is Cc1ncsc1CNC(=O)OCC(F)(F)F. The van der Waals surface area contributed by atoms with Crippen molar-refractivity contribution in [1.29, 1.82) is 0 Å². The molecule has 1 aromatic heterocycles. The molecule has 0 saturated carbocycles. The van der Waals surface area contributed by atoms with Crippen LogP contribution in [0.5, 0.6) is 0 Å². The van der Waals surface area contributed by atoms with E-state index in [9.17, 15) is 18.0 Å². The van der Waals surface area contributed by atoms with Gasteiger partial charge in [0.05, 0.1) is 17.7 Å². The Morgan fingerprint density at radius 2 is 2.31 bits per heavy atom. The Kier molecular flexibility index (Phi) is 4.11. The summed E-state index contributed by atoms with van der Waals surface area (Å²) in [7, 11) is 0. The Balaban J connectivity index is 2.29. The van der Waals surface area contributed by atoms with Gasteiger partial charge in [0.25, 0.3) is 0 Å². The molecule has 0 saturated heterocycles. The van der Waals surface area contributed by atoms with Gasteiger partial charge in [0.1, 0.15) is 0 Å². The summed E-state index contributed by atoms with van der Waals surface area (Å²) in [6, 6.07) is 0. The first-order valence-electron chi connectivity index (χ1n) is 4.25. The lowest BCUT2D eigenvalue weighted by molar-refractivity contribution is -0.160. The van der Waals surface area contributed by atoms with E-state index in [4.69, 9.17) is 0 Å². The molecule has 0 aliphatic rings. The highest BCUT2D eigenvalue weighted by molar-refractivity contribution is 7.09. The molecule has 0 aliphatic carbocycles. The van der Waals surface area contributed by atoms with Crippen molar-refractivity contribution in [2.45, 2.75) is 19.6 Å². The van der Waals surface area contributed by atoms with Gasteiger partial charge in [-0.1, -0.05) is 0 Å². The van der Waals surface area contributed by atoms with Gasteiger partial charge in [-0.3, -0.25) is 0 Å². The van der Waals surface area contributed by atoms with Crippen LogP contribution in [0.4, 0.5) is 18.0 Å². The summed E-state index contributed by atoms with van der Waals surface area (Å²) in [4.78, 5) is 15.6. The molecule has 0 atom stereocenters. The molecule has 0 spiro atoms. The van der Waals surface area contributed by atoms with Gasteiger partial charge in [0.15, 0.2) is 6.61 Å². The number of nitrogens with zero attached hydrogens (tertiary/aromatic N) is 1. The molecule has 0 bridgehead atoms. The third kappa shape index (κ3) is 4.47. The smallest absolute Gasteiger partial charge is 0.422 e. The number of amides is 1. The monoisotopic (exact) mass is 254 g/mol. The van der Waals surface area contributed by atoms with E-state index in [-0.39, 0.29) is 6.54 Å². The van der Waals surface area contributed by atoms with E-state index < -0.39 is 18.9 Å². The van der Waals surface area contributed by atoms with Crippen molar-refractivity contribution in [1.82, 2.24) is 10.3 Å². The molecular weight excluding hydrogens is 245 g/mol. The van der Waals surface area contributed by atoms with Gasteiger partial charge in [-0.05, 0) is 6.92 Å². The fourth-order valence-electron chi connectivity index (χ4n) is 0.847. The number of aromatic nitrogens is 1. The van der Waals surface area contributed by atoms with Crippen LogP contribution in [0.1, 0.15) is 10.6 Å². The number of alkyl halides is 3. The van der Waals surface area contributed by atoms with Crippen LogP contribution < -0.4 is 5.32 Å². The lowest BCUT2D eigenvalue weighted by Crippen LogP contribution is -2.28. The first-order chi connectivity index (χ1) is 7.38. The number of nitrogens with one attached hydrogen (secondary N) is 1. The number of halogens is 3. The zero-order valence-corrected chi connectivity index (χ0v) is 9.11. The number of rotatable bonds is 3. The highest BCUT2D eigenvalue weighted by atomic mass is 32.1. The minimum atomic E-state index is -4.50. The Labute approximate surface area is 93.4 Å². The molecule has 1 heterocycles. The number of carbonyl (C=O) groups is 1. The number of ether oxygens (including phenoxy) is 1. The zero-order chi connectivity index (χ0) is 12.2. The van der Waals surface area contributed by atoms with Gasteiger partial charge in [-0.15, -0.1) is 11.3 Å². The maximum absolute atomic E-state index is 11.7. The number of alkyl carbamates (subject to hydrolysis) is 1. The highest BCUT2D eigenvalue weighted by Gasteiger charge is 2.29. The Morgan fingerprint density at radius 3 is 2.81 bits per heavy atom. The van der Waals surface area contributed by atoms with Gasteiger partial charge in [0.2, 0.25) is 0 Å². The van der Waals surface area contributed by atoms with Crippen LogP contribution in [0.15, 0.2) is 5.51 Å². The van der Waals surface area contributed by atoms with Gasteiger partial charge in [-0.2, -0.15) is 13.2 Å². The predicted molar refractivity (Wildman–Crippen MR) is 51.1 cm³/mol. The van der Waals surface area contributed by atoms with Crippen LogP contribution in [0.2, 0.25) is 0 Å². The van der Waals surface area contributed by atoms with Crippen molar-refractivity contribution >= 4 is 17.4 Å². The third-order valence-electron chi connectivity index (χ3n) is 1.61. The van der Waals surface area contributed by atoms with Crippen molar-refractivity contribution in [2.75, 3.05) is 6.61 Å². The third-order valence-corrected chi connectivity index (χ3v) is 2.54. The Bertz CT molecular complexity index is 364. The predicted octanol–water partition coefficient (Wildman–Crippen LogP) is 2.24. The average molecular weight is 254 g/mol. The maximum Gasteiger partial charge on any atom is 0.422 e. The summed E-state index contributed by atoms with van der Waals surface area (Å²) in [5.74, 6) is 0. The number of hydrogen-bond acceptors (Lipinski definition) is 4. The van der Waals surface area contributed by atoms with E-state index in [0.717, 1.165) is 10.6 Å². The molecule has 16 heavy (non-hydrogen) atoms. The molecule has 1 amide bonds. The van der Waals surface area contributed by atoms with Gasteiger partial charge in [0, 0.05) is 4.88 Å². The minimum absolute atomic E-state index is 0.118. The van der Waals surface area contributed by atoms with E-state index in [1.54, 1.807) is 12.4 Å². The molecule has 0 unspecified atom stereocenters. The van der Waals surface area contributed by atoms with E-state index in [2.05, 4.69) is 15.0 Å². The van der Waals surface area contributed by atoms with Gasteiger partial charge < -0.3 is 10.1 Å². The van der Waals surface area contributed by atoms with Crippen molar-refractivity contribution in [3.05, 3.63) is 16.1 Å². The highest BCUT2D eigenvalue weighted by Crippen LogP contribution is 2.15. The molecule has 4 nitrogen and oxygen atoms in total. The van der Waals surface area contributed by atoms with Crippen LogP contribution in [0, 0.1) is 6.92 Å². The van der Waals surface area contributed by atoms with Gasteiger partial charge in [-0.25, -0.2) is 9.78 Å². The average Bonchev–Trinajstić information content (AvgIpc) is 2.57. The molecular formula is C8H9F3N2O2S. The quantitative estimate of drug-likeness (QED) is 0.900. The fraction of sp³-hybridized carbons (Fsp3) is 0.500. The Hall–Kier alpha value is -1.31. The minimum Gasteiger partial charge on any atom is -0.440 e. The van der Waals surface area contributed by atoms with E-state index in [0.29, 0.717) is 0 Å². The zero-order valence-electron chi connectivity index (χ0n) is 8.30. The lowest BCUT2D eigenvalue weighted by Gasteiger charge is -2.08. The van der Waals surface area contributed by atoms with Crippen molar-refractivity contribution in [2.24, 2.45) is 0 Å². The molecule has 90 valence electrons. The molecule has 1 rings (SSSR count). The first kappa shape index (κ1) is 12.8. The van der Waals surface area contributed by atoms with E-state index in [1.807, 2.05) is 0 Å². The van der Waals surface area contributed by atoms with Crippen LogP contribution in [0.3, 0.4) is 0 Å². The second-order valence-electron chi connectivity index (χ2n) is 2.91. The second kappa shape index (κ2) is 5.15. The molecule has 0 radical (unpaired) electrons. The molecule has 1 aromatic rings. The van der Waals surface area contributed by atoms with Crippen molar-refractivity contribution in [3.63, 3.8) is 0 Å². The molecule has 0 aromatic carbocycles. The summed E-state index contributed by atoms with van der Waals surface area (Å²) in [5.41, 5.74) is 2.33. The van der Waals surface area contributed by atoms with Crippen LogP contribution in [-0.4, -0.2) is 23.9 Å². The number of carbonyl (C=O) groups excluding carboxylic acids is 1.